The number of likely N-dealkylation sites (N-methyl/N-ethyl adjacent to an activating group) is 1. The van der Waals surface area contributed by atoms with Crippen LogP contribution in [0.15, 0.2) is 0 Å². The van der Waals surface area contributed by atoms with Gasteiger partial charge in [-0.15, -0.1) is 0 Å². The third-order valence-corrected chi connectivity index (χ3v) is 3.09. The highest BCUT2D eigenvalue weighted by atomic mass is 19.4. The van der Waals surface area contributed by atoms with Crippen LogP contribution in [0.2, 0.25) is 0 Å². The quantitative estimate of drug-likeness (QED) is 0.694. The molecule has 4 nitrogen and oxygen atoms in total. The van der Waals surface area contributed by atoms with Gasteiger partial charge in [-0.3, -0.25) is 4.79 Å². The predicted molar refractivity (Wildman–Crippen MR) is 64.1 cm³/mol. The highest BCUT2D eigenvalue weighted by molar-refractivity contribution is 5.84. The van der Waals surface area contributed by atoms with Crippen molar-refractivity contribution in [3.63, 3.8) is 0 Å². The summed E-state index contributed by atoms with van der Waals surface area (Å²) >= 11 is 0. The van der Waals surface area contributed by atoms with E-state index in [2.05, 4.69) is 5.32 Å². The number of alkyl halides is 3. The summed E-state index contributed by atoms with van der Waals surface area (Å²) in [6.07, 6.45) is -3.84. The molecule has 7 heteroatoms. The third-order valence-electron chi connectivity index (χ3n) is 3.09. The summed E-state index contributed by atoms with van der Waals surface area (Å²) in [5.74, 6) is -0.456. The van der Waals surface area contributed by atoms with Gasteiger partial charge in [-0.2, -0.15) is 13.2 Å². The van der Waals surface area contributed by atoms with Crippen molar-refractivity contribution in [1.29, 1.82) is 0 Å². The maximum atomic E-state index is 12.0. The molecule has 0 aliphatic heterocycles. The van der Waals surface area contributed by atoms with E-state index in [9.17, 15) is 18.0 Å². The fourth-order valence-electron chi connectivity index (χ4n) is 1.50. The first-order valence-electron chi connectivity index (χ1n) is 5.85. The van der Waals surface area contributed by atoms with Crippen molar-refractivity contribution in [3.8, 4) is 0 Å². The SMILES string of the molecule is CNC(C)(CCCN(C)CCC(F)(F)F)C(N)=O. The number of halogens is 3. The van der Waals surface area contributed by atoms with Crippen LogP contribution in [0.1, 0.15) is 26.2 Å². The van der Waals surface area contributed by atoms with Crippen molar-refractivity contribution < 1.29 is 18.0 Å². The van der Waals surface area contributed by atoms with E-state index in [1.165, 1.54) is 0 Å². The topological polar surface area (TPSA) is 58.4 Å². The maximum Gasteiger partial charge on any atom is 0.390 e. The molecule has 3 N–H and O–H groups in total. The lowest BCUT2D eigenvalue weighted by Crippen LogP contribution is -2.51. The molecular formula is C11H22F3N3O. The van der Waals surface area contributed by atoms with Gasteiger partial charge in [0.2, 0.25) is 5.91 Å². The van der Waals surface area contributed by atoms with Gasteiger partial charge in [0.1, 0.15) is 0 Å². The molecule has 0 fully saturated rings. The summed E-state index contributed by atoms with van der Waals surface area (Å²) in [5.41, 5.74) is 4.45. The minimum absolute atomic E-state index is 0.0314. The fraction of sp³-hybridized carbons (Fsp3) is 0.909. The zero-order valence-corrected chi connectivity index (χ0v) is 11.1. The van der Waals surface area contributed by atoms with Crippen LogP contribution < -0.4 is 11.1 Å². The number of hydrogen-bond acceptors (Lipinski definition) is 3. The second-order valence-corrected chi connectivity index (χ2v) is 4.72. The van der Waals surface area contributed by atoms with Crippen LogP contribution in [-0.2, 0) is 4.79 Å². The molecule has 0 heterocycles. The molecule has 1 atom stereocenters. The maximum absolute atomic E-state index is 12.0. The van der Waals surface area contributed by atoms with E-state index in [4.69, 9.17) is 5.73 Å². The first-order valence-corrected chi connectivity index (χ1v) is 5.85. The van der Waals surface area contributed by atoms with Gasteiger partial charge in [-0.1, -0.05) is 0 Å². The van der Waals surface area contributed by atoms with Gasteiger partial charge >= 0.3 is 6.18 Å². The average molecular weight is 269 g/mol. The number of carbonyl (C=O) groups excluding carboxylic acids is 1. The first-order chi connectivity index (χ1) is 8.10. The number of nitrogens with one attached hydrogen (secondary N) is 1. The minimum Gasteiger partial charge on any atom is -0.368 e. The van der Waals surface area contributed by atoms with Gasteiger partial charge in [-0.25, -0.2) is 0 Å². The van der Waals surface area contributed by atoms with Crippen LogP contribution in [0.25, 0.3) is 0 Å². The van der Waals surface area contributed by atoms with Crippen LogP contribution >= 0.6 is 0 Å². The zero-order chi connectivity index (χ0) is 14.4. The van der Waals surface area contributed by atoms with E-state index < -0.39 is 24.0 Å². The monoisotopic (exact) mass is 269 g/mol. The molecule has 18 heavy (non-hydrogen) atoms. The number of rotatable bonds is 8. The van der Waals surface area contributed by atoms with E-state index in [0.29, 0.717) is 19.4 Å². The summed E-state index contributed by atoms with van der Waals surface area (Å²) in [6.45, 7) is 2.15. The standard InChI is InChI=1S/C11H22F3N3O/c1-10(16-2,9(15)18)5-4-7-17(3)8-6-11(12,13)14/h16H,4-8H2,1-3H3,(H2,15,18). The molecule has 0 aliphatic carbocycles. The molecule has 0 bridgehead atoms. The molecule has 0 aromatic heterocycles. The van der Waals surface area contributed by atoms with Crippen LogP contribution in [0.3, 0.4) is 0 Å². The molecule has 0 aromatic rings. The van der Waals surface area contributed by atoms with Crippen molar-refractivity contribution in [2.24, 2.45) is 5.73 Å². The summed E-state index contributed by atoms with van der Waals surface area (Å²) in [6, 6.07) is 0. The van der Waals surface area contributed by atoms with E-state index in [1.807, 2.05) is 0 Å². The Labute approximate surface area is 106 Å². The molecule has 0 aromatic carbocycles. The second kappa shape index (κ2) is 6.94. The number of nitrogens with zero attached hydrogens (tertiary/aromatic N) is 1. The Balaban J connectivity index is 3.93. The fourth-order valence-corrected chi connectivity index (χ4v) is 1.50. The Morgan fingerprint density at radius 2 is 1.83 bits per heavy atom. The van der Waals surface area contributed by atoms with Crippen LogP contribution in [-0.4, -0.2) is 49.7 Å². The van der Waals surface area contributed by atoms with Crippen molar-refractivity contribution in [1.82, 2.24) is 10.2 Å². The lowest BCUT2D eigenvalue weighted by molar-refractivity contribution is -0.137. The summed E-state index contributed by atoms with van der Waals surface area (Å²) < 4.78 is 36.0. The van der Waals surface area contributed by atoms with Crippen LogP contribution in [0.5, 0.6) is 0 Å². The predicted octanol–water partition coefficient (Wildman–Crippen LogP) is 1.11. The Hall–Kier alpha value is -0.820. The molecule has 0 aliphatic rings. The third kappa shape index (κ3) is 6.80. The molecule has 0 radical (unpaired) electrons. The number of amides is 1. The summed E-state index contributed by atoms with van der Waals surface area (Å²) in [7, 11) is 3.27. The number of carbonyl (C=O) groups is 1. The Morgan fingerprint density at radius 3 is 2.22 bits per heavy atom. The molecule has 108 valence electrons. The Morgan fingerprint density at radius 1 is 1.28 bits per heavy atom. The minimum atomic E-state index is -4.12. The molecule has 0 rings (SSSR count). The van der Waals surface area contributed by atoms with E-state index in [-0.39, 0.29) is 6.54 Å². The van der Waals surface area contributed by atoms with Crippen LogP contribution in [0.4, 0.5) is 13.2 Å². The van der Waals surface area contributed by atoms with Gasteiger partial charge < -0.3 is 16.0 Å². The number of primary amides is 1. The van der Waals surface area contributed by atoms with E-state index >= 15 is 0 Å². The van der Waals surface area contributed by atoms with Gasteiger partial charge in [0.15, 0.2) is 0 Å². The van der Waals surface area contributed by atoms with Gasteiger partial charge in [0.25, 0.3) is 0 Å². The number of hydrogen-bond donors (Lipinski definition) is 2. The molecule has 1 unspecified atom stereocenters. The highest BCUT2D eigenvalue weighted by Gasteiger charge is 2.29. The Bertz CT molecular complexity index is 271. The smallest absolute Gasteiger partial charge is 0.368 e. The average Bonchev–Trinajstić information content (AvgIpc) is 2.25. The molecule has 0 spiro atoms. The van der Waals surface area contributed by atoms with Gasteiger partial charge in [0.05, 0.1) is 12.0 Å². The molecule has 0 saturated carbocycles. The Kier molecular flexibility index (Phi) is 6.62. The lowest BCUT2D eigenvalue weighted by Gasteiger charge is -2.26. The molecule has 1 amide bonds. The van der Waals surface area contributed by atoms with Crippen molar-refractivity contribution in [3.05, 3.63) is 0 Å². The zero-order valence-electron chi connectivity index (χ0n) is 11.1. The van der Waals surface area contributed by atoms with E-state index in [0.717, 1.165) is 0 Å². The van der Waals surface area contributed by atoms with Crippen molar-refractivity contribution >= 4 is 5.91 Å². The molecular weight excluding hydrogens is 247 g/mol. The van der Waals surface area contributed by atoms with Gasteiger partial charge in [0, 0.05) is 6.54 Å². The largest absolute Gasteiger partial charge is 0.390 e. The molecule has 0 saturated heterocycles. The van der Waals surface area contributed by atoms with Crippen molar-refractivity contribution in [2.45, 2.75) is 37.9 Å². The normalized spacial score (nSPS) is 15.7. The lowest BCUT2D eigenvalue weighted by atomic mass is 9.95. The summed E-state index contributed by atoms with van der Waals surface area (Å²) in [4.78, 5) is 12.8. The second-order valence-electron chi connectivity index (χ2n) is 4.72. The first kappa shape index (κ1) is 17.2. The van der Waals surface area contributed by atoms with Gasteiger partial charge in [-0.05, 0) is 40.4 Å². The summed E-state index contributed by atoms with van der Waals surface area (Å²) in [5, 5.41) is 2.83. The highest BCUT2D eigenvalue weighted by Crippen LogP contribution is 2.19. The van der Waals surface area contributed by atoms with Crippen molar-refractivity contribution in [2.75, 3.05) is 27.2 Å². The van der Waals surface area contributed by atoms with E-state index in [1.54, 1.807) is 25.9 Å². The number of nitrogens with two attached hydrogens (primary N) is 1. The van der Waals surface area contributed by atoms with Crippen LogP contribution in [0, 0.1) is 0 Å².